The van der Waals surface area contributed by atoms with Gasteiger partial charge in [0.25, 0.3) is 0 Å². The van der Waals surface area contributed by atoms with Gasteiger partial charge in [0.2, 0.25) is 11.7 Å². The van der Waals surface area contributed by atoms with Gasteiger partial charge in [0.15, 0.2) is 0 Å². The lowest BCUT2D eigenvalue weighted by molar-refractivity contribution is 0.285. The lowest BCUT2D eigenvalue weighted by Crippen LogP contribution is -2.13. The number of hydrogen-bond donors (Lipinski definition) is 0. The smallest absolute Gasteiger partial charge is 0.237 e. The predicted molar refractivity (Wildman–Crippen MR) is 98.6 cm³/mol. The van der Waals surface area contributed by atoms with Crippen molar-refractivity contribution in [1.29, 1.82) is 5.26 Å². The second-order valence-corrected chi connectivity index (χ2v) is 6.60. The molecule has 8 heteroatoms. The molecule has 0 saturated heterocycles. The maximum Gasteiger partial charge on any atom is 0.237 e. The highest BCUT2D eigenvalue weighted by atomic mass is 16.5. The monoisotopic (exact) mass is 361 g/mol. The molecule has 3 aromatic rings. The molecule has 4 rings (SSSR count). The highest BCUT2D eigenvalue weighted by Gasteiger charge is 2.39. The average Bonchev–Trinajstić information content (AvgIpc) is 3.37. The Labute approximate surface area is 157 Å². The molecule has 8 nitrogen and oxygen atoms in total. The topological polar surface area (TPSA) is 92.8 Å². The number of pyridine rings is 1. The van der Waals surface area contributed by atoms with Gasteiger partial charge in [0.05, 0.1) is 18.5 Å². The molecule has 3 aromatic heterocycles. The van der Waals surface area contributed by atoms with Crippen molar-refractivity contribution < 1.29 is 4.74 Å². The van der Waals surface area contributed by atoms with Gasteiger partial charge >= 0.3 is 0 Å². The highest BCUT2D eigenvalue weighted by molar-refractivity contribution is 5.58. The fraction of sp³-hybridized carbons (Fsp3) is 0.316. The average molecular weight is 361 g/mol. The van der Waals surface area contributed by atoms with E-state index in [1.165, 1.54) is 0 Å². The zero-order valence-corrected chi connectivity index (χ0v) is 15.1. The Hall–Kier alpha value is -3.47. The fourth-order valence-electron chi connectivity index (χ4n) is 3.00. The number of anilines is 2. The van der Waals surface area contributed by atoms with Crippen LogP contribution >= 0.6 is 0 Å². The molecular formula is C19H19N7O. The predicted octanol–water partition coefficient (Wildman–Crippen LogP) is 2.43. The van der Waals surface area contributed by atoms with E-state index in [4.69, 9.17) is 4.74 Å². The van der Waals surface area contributed by atoms with Crippen molar-refractivity contribution in [3.05, 3.63) is 54.4 Å². The summed E-state index contributed by atoms with van der Waals surface area (Å²) in [4.78, 5) is 14.7. The van der Waals surface area contributed by atoms with Crippen LogP contribution in [-0.2, 0) is 7.05 Å². The van der Waals surface area contributed by atoms with Gasteiger partial charge < -0.3 is 9.64 Å². The third-order valence-corrected chi connectivity index (χ3v) is 4.65. The van der Waals surface area contributed by atoms with Crippen molar-refractivity contribution in [2.75, 3.05) is 18.6 Å². The molecule has 2 atom stereocenters. The van der Waals surface area contributed by atoms with Gasteiger partial charge in [-0.05, 0) is 18.6 Å². The van der Waals surface area contributed by atoms with E-state index in [2.05, 4.69) is 20.1 Å². The molecule has 2 unspecified atom stereocenters. The van der Waals surface area contributed by atoms with E-state index in [-0.39, 0.29) is 5.82 Å². The molecule has 0 aliphatic heterocycles. The van der Waals surface area contributed by atoms with Crippen molar-refractivity contribution in [2.24, 2.45) is 13.0 Å². The van der Waals surface area contributed by atoms with Crippen LogP contribution in [0.1, 0.15) is 23.9 Å². The summed E-state index contributed by atoms with van der Waals surface area (Å²) in [5.41, 5.74) is 1.96. The van der Waals surface area contributed by atoms with E-state index in [9.17, 15) is 5.26 Å². The van der Waals surface area contributed by atoms with Gasteiger partial charge in [-0.1, -0.05) is 6.07 Å². The summed E-state index contributed by atoms with van der Waals surface area (Å²) in [5.74, 6) is 1.91. The number of aryl methyl sites for hydroxylation is 1. The van der Waals surface area contributed by atoms with Crippen LogP contribution in [0.3, 0.4) is 0 Å². The Morgan fingerprint density at radius 3 is 2.96 bits per heavy atom. The normalized spacial score (nSPS) is 18.0. The van der Waals surface area contributed by atoms with Crippen LogP contribution in [0.4, 0.5) is 11.5 Å². The Bertz CT molecular complexity index is 979. The molecule has 0 amide bonds. The Kier molecular flexibility index (Phi) is 4.42. The van der Waals surface area contributed by atoms with E-state index >= 15 is 0 Å². The van der Waals surface area contributed by atoms with E-state index < -0.39 is 0 Å². The zero-order valence-electron chi connectivity index (χ0n) is 15.1. The summed E-state index contributed by atoms with van der Waals surface area (Å²) in [5, 5.41) is 13.4. The first-order chi connectivity index (χ1) is 13.1. The lowest BCUT2D eigenvalue weighted by Gasteiger charge is -2.16. The minimum atomic E-state index is 0.0790. The molecular weight excluding hydrogens is 342 g/mol. The third kappa shape index (κ3) is 3.72. The minimum Gasteiger partial charge on any atom is -0.477 e. The molecule has 1 fully saturated rings. The summed E-state index contributed by atoms with van der Waals surface area (Å²) < 4.78 is 7.59. The van der Waals surface area contributed by atoms with Crippen LogP contribution in [0.5, 0.6) is 5.88 Å². The van der Waals surface area contributed by atoms with Gasteiger partial charge in [-0.15, -0.1) is 0 Å². The SMILES string of the molecule is CN(c1cnn(C)c1)c1cc(OCC2CC2c2ccccn2)nc(C#N)n1. The summed E-state index contributed by atoms with van der Waals surface area (Å²) in [6.45, 7) is 0.541. The second kappa shape index (κ2) is 7.03. The Morgan fingerprint density at radius 2 is 2.26 bits per heavy atom. The molecule has 136 valence electrons. The van der Waals surface area contributed by atoms with Crippen LogP contribution in [0.25, 0.3) is 0 Å². The third-order valence-electron chi connectivity index (χ3n) is 4.65. The summed E-state index contributed by atoms with van der Waals surface area (Å²) >= 11 is 0. The van der Waals surface area contributed by atoms with E-state index in [0.29, 0.717) is 30.1 Å². The summed E-state index contributed by atoms with van der Waals surface area (Å²) in [7, 11) is 3.71. The molecule has 0 bridgehead atoms. The standard InChI is InChI=1S/C19H19N7O/c1-25-11-14(10-22-25)26(2)18-8-19(24-17(9-20)23-18)27-12-13-7-15(13)16-5-3-4-6-21-16/h3-6,8,10-11,13,15H,7,12H2,1-2H3. The van der Waals surface area contributed by atoms with Crippen molar-refractivity contribution in [2.45, 2.75) is 12.3 Å². The van der Waals surface area contributed by atoms with Crippen LogP contribution in [-0.4, -0.2) is 38.4 Å². The molecule has 1 aliphatic carbocycles. The van der Waals surface area contributed by atoms with Gasteiger partial charge in [-0.25, -0.2) is 4.98 Å². The maximum absolute atomic E-state index is 9.25. The summed E-state index contributed by atoms with van der Waals surface area (Å²) in [6, 6.07) is 9.71. The second-order valence-electron chi connectivity index (χ2n) is 6.60. The lowest BCUT2D eigenvalue weighted by atomic mass is 10.2. The van der Waals surface area contributed by atoms with Crippen LogP contribution in [0.2, 0.25) is 0 Å². The molecule has 0 N–H and O–H groups in total. The first-order valence-corrected chi connectivity index (χ1v) is 8.69. The zero-order chi connectivity index (χ0) is 18.8. The first kappa shape index (κ1) is 17.0. The van der Waals surface area contributed by atoms with Gasteiger partial charge in [-0.3, -0.25) is 9.67 Å². The molecule has 1 aliphatic rings. The van der Waals surface area contributed by atoms with Crippen molar-refractivity contribution in [3.63, 3.8) is 0 Å². The van der Waals surface area contributed by atoms with E-state index in [1.807, 2.05) is 55.7 Å². The number of nitrogens with zero attached hydrogens (tertiary/aromatic N) is 7. The summed E-state index contributed by atoms with van der Waals surface area (Å²) in [6.07, 6.45) is 6.47. The van der Waals surface area contributed by atoms with Crippen LogP contribution < -0.4 is 9.64 Å². The van der Waals surface area contributed by atoms with Crippen molar-refractivity contribution >= 4 is 11.5 Å². The number of ether oxygens (including phenoxy) is 1. The minimum absolute atomic E-state index is 0.0790. The van der Waals surface area contributed by atoms with Gasteiger partial charge in [-0.2, -0.15) is 15.3 Å². The number of nitriles is 1. The highest BCUT2D eigenvalue weighted by Crippen LogP contribution is 2.46. The van der Waals surface area contributed by atoms with Gasteiger partial charge in [0.1, 0.15) is 11.9 Å². The van der Waals surface area contributed by atoms with Crippen molar-refractivity contribution in [1.82, 2.24) is 24.7 Å². The molecule has 0 radical (unpaired) electrons. The first-order valence-electron chi connectivity index (χ1n) is 8.69. The number of hydrogen-bond acceptors (Lipinski definition) is 7. The molecule has 3 heterocycles. The molecule has 0 spiro atoms. The van der Waals surface area contributed by atoms with Crippen LogP contribution in [0.15, 0.2) is 42.9 Å². The Morgan fingerprint density at radius 1 is 1.37 bits per heavy atom. The van der Waals surface area contributed by atoms with Crippen LogP contribution in [0, 0.1) is 17.2 Å². The fourth-order valence-corrected chi connectivity index (χ4v) is 3.00. The molecule has 27 heavy (non-hydrogen) atoms. The van der Waals surface area contributed by atoms with E-state index in [1.54, 1.807) is 16.9 Å². The largest absolute Gasteiger partial charge is 0.477 e. The van der Waals surface area contributed by atoms with Crippen molar-refractivity contribution in [3.8, 4) is 11.9 Å². The molecule has 0 aromatic carbocycles. The molecule has 1 saturated carbocycles. The number of aromatic nitrogens is 5. The maximum atomic E-state index is 9.25. The quantitative estimate of drug-likeness (QED) is 0.665. The Balaban J connectivity index is 1.46. The van der Waals surface area contributed by atoms with E-state index in [0.717, 1.165) is 17.8 Å². The van der Waals surface area contributed by atoms with Gasteiger partial charge in [0, 0.05) is 50.1 Å². The number of rotatable bonds is 6.